The minimum absolute atomic E-state index is 0.134. The fourth-order valence-corrected chi connectivity index (χ4v) is 2.49. The molecule has 0 radical (unpaired) electrons. The number of rotatable bonds is 4. The van der Waals surface area contributed by atoms with Crippen molar-refractivity contribution in [2.75, 3.05) is 18.4 Å². The molecule has 1 aromatic rings. The Morgan fingerprint density at radius 2 is 2.33 bits per heavy atom. The molecule has 0 saturated carbocycles. The third-order valence-corrected chi connectivity index (χ3v) is 3.65. The van der Waals surface area contributed by atoms with Gasteiger partial charge in [0, 0.05) is 12.1 Å². The maximum atomic E-state index is 11.9. The van der Waals surface area contributed by atoms with Crippen molar-refractivity contribution in [2.45, 2.75) is 33.1 Å². The lowest BCUT2D eigenvalue weighted by molar-refractivity contribution is -0.116. The predicted octanol–water partition coefficient (Wildman–Crippen LogP) is 2.50. The van der Waals surface area contributed by atoms with Gasteiger partial charge < -0.3 is 10.6 Å². The van der Waals surface area contributed by atoms with Crippen LogP contribution in [0.15, 0.2) is 18.2 Å². The molecule has 1 atom stereocenters. The average Bonchev–Trinajstić information content (AvgIpc) is 2.84. The number of anilines is 1. The lowest BCUT2D eigenvalue weighted by Crippen LogP contribution is -2.18. The Morgan fingerprint density at radius 1 is 1.50 bits per heavy atom. The molecule has 98 valence electrons. The van der Waals surface area contributed by atoms with Crippen LogP contribution in [0.1, 0.15) is 30.9 Å². The van der Waals surface area contributed by atoms with E-state index in [4.69, 9.17) is 0 Å². The number of carbonyl (C=O) groups is 1. The molecule has 1 fully saturated rings. The number of hydrogen-bond acceptors (Lipinski definition) is 2. The molecule has 1 amide bonds. The van der Waals surface area contributed by atoms with Crippen LogP contribution >= 0.6 is 0 Å². The first-order valence-corrected chi connectivity index (χ1v) is 6.79. The topological polar surface area (TPSA) is 41.1 Å². The fourth-order valence-electron chi connectivity index (χ4n) is 2.49. The normalized spacial score (nSPS) is 18.9. The molecule has 3 nitrogen and oxygen atoms in total. The summed E-state index contributed by atoms with van der Waals surface area (Å²) in [5, 5.41) is 6.29. The number of aryl methyl sites for hydroxylation is 2. The van der Waals surface area contributed by atoms with Crippen molar-refractivity contribution in [3.8, 4) is 0 Å². The van der Waals surface area contributed by atoms with Crippen molar-refractivity contribution < 1.29 is 4.79 Å². The summed E-state index contributed by atoms with van der Waals surface area (Å²) in [6.07, 6.45) is 2.74. The molecule has 1 aromatic carbocycles. The molecule has 18 heavy (non-hydrogen) atoms. The van der Waals surface area contributed by atoms with Crippen LogP contribution in [0.2, 0.25) is 0 Å². The van der Waals surface area contributed by atoms with Crippen molar-refractivity contribution in [3.63, 3.8) is 0 Å². The van der Waals surface area contributed by atoms with Gasteiger partial charge in [-0.1, -0.05) is 13.0 Å². The predicted molar refractivity (Wildman–Crippen MR) is 74.8 cm³/mol. The lowest BCUT2D eigenvalue weighted by Gasteiger charge is -2.11. The Hall–Kier alpha value is -1.35. The SMILES string of the molecule is CCc1cc(NC(=O)CC2CCNC2)ccc1C. The summed E-state index contributed by atoms with van der Waals surface area (Å²) >= 11 is 0. The first kappa shape index (κ1) is 13.1. The zero-order valence-electron chi connectivity index (χ0n) is 11.3. The molecule has 1 heterocycles. The second-order valence-corrected chi connectivity index (χ2v) is 5.11. The van der Waals surface area contributed by atoms with Crippen molar-refractivity contribution in [1.29, 1.82) is 0 Å². The first-order chi connectivity index (χ1) is 8.69. The zero-order valence-corrected chi connectivity index (χ0v) is 11.3. The summed E-state index contributed by atoms with van der Waals surface area (Å²) in [6.45, 7) is 6.26. The number of benzene rings is 1. The van der Waals surface area contributed by atoms with Crippen LogP contribution in [0.5, 0.6) is 0 Å². The molecule has 1 aliphatic rings. The van der Waals surface area contributed by atoms with Crippen LogP contribution in [0, 0.1) is 12.8 Å². The molecule has 3 heteroatoms. The smallest absolute Gasteiger partial charge is 0.224 e. The Morgan fingerprint density at radius 3 is 3.00 bits per heavy atom. The quantitative estimate of drug-likeness (QED) is 0.857. The Labute approximate surface area is 109 Å². The summed E-state index contributed by atoms with van der Waals surface area (Å²) in [5.74, 6) is 0.635. The van der Waals surface area contributed by atoms with E-state index < -0.39 is 0 Å². The number of carbonyl (C=O) groups excluding carboxylic acids is 1. The Bertz CT molecular complexity index is 423. The van der Waals surface area contributed by atoms with E-state index in [9.17, 15) is 4.79 Å². The highest BCUT2D eigenvalue weighted by molar-refractivity contribution is 5.91. The molecule has 2 N–H and O–H groups in total. The molecule has 2 rings (SSSR count). The van der Waals surface area contributed by atoms with E-state index in [1.165, 1.54) is 11.1 Å². The van der Waals surface area contributed by atoms with Crippen molar-refractivity contribution in [3.05, 3.63) is 29.3 Å². The molecule has 0 aromatic heterocycles. The van der Waals surface area contributed by atoms with Gasteiger partial charge >= 0.3 is 0 Å². The van der Waals surface area contributed by atoms with Gasteiger partial charge in [0.2, 0.25) is 5.91 Å². The van der Waals surface area contributed by atoms with Crippen LogP contribution < -0.4 is 10.6 Å². The van der Waals surface area contributed by atoms with Gasteiger partial charge in [-0.05, 0) is 62.0 Å². The molecule has 1 unspecified atom stereocenters. The van der Waals surface area contributed by atoms with Crippen LogP contribution in [0.25, 0.3) is 0 Å². The second kappa shape index (κ2) is 6.01. The van der Waals surface area contributed by atoms with Gasteiger partial charge in [-0.25, -0.2) is 0 Å². The third-order valence-electron chi connectivity index (χ3n) is 3.65. The molecule has 1 aliphatic heterocycles. The summed E-state index contributed by atoms with van der Waals surface area (Å²) < 4.78 is 0. The second-order valence-electron chi connectivity index (χ2n) is 5.11. The summed E-state index contributed by atoms with van der Waals surface area (Å²) in [5.41, 5.74) is 3.51. The van der Waals surface area contributed by atoms with E-state index >= 15 is 0 Å². The van der Waals surface area contributed by atoms with Gasteiger partial charge in [-0.2, -0.15) is 0 Å². The van der Waals surface area contributed by atoms with Gasteiger partial charge in [-0.15, -0.1) is 0 Å². The fraction of sp³-hybridized carbons (Fsp3) is 0.533. The number of amides is 1. The number of nitrogens with one attached hydrogen (secondary N) is 2. The third kappa shape index (κ3) is 3.33. The largest absolute Gasteiger partial charge is 0.326 e. The zero-order chi connectivity index (χ0) is 13.0. The summed E-state index contributed by atoms with van der Waals surface area (Å²) in [6, 6.07) is 6.14. The van der Waals surface area contributed by atoms with Gasteiger partial charge in [0.25, 0.3) is 0 Å². The maximum absolute atomic E-state index is 11.9. The molecular weight excluding hydrogens is 224 g/mol. The molecule has 0 aliphatic carbocycles. The number of hydrogen-bond donors (Lipinski definition) is 2. The highest BCUT2D eigenvalue weighted by Gasteiger charge is 2.18. The van der Waals surface area contributed by atoms with E-state index in [0.29, 0.717) is 12.3 Å². The Kier molecular flexibility index (Phi) is 4.37. The minimum Gasteiger partial charge on any atom is -0.326 e. The first-order valence-electron chi connectivity index (χ1n) is 6.79. The Balaban J connectivity index is 1.93. The van der Waals surface area contributed by atoms with Crippen LogP contribution in [0.3, 0.4) is 0 Å². The van der Waals surface area contributed by atoms with E-state index in [0.717, 1.165) is 31.6 Å². The van der Waals surface area contributed by atoms with Gasteiger partial charge in [-0.3, -0.25) is 4.79 Å². The highest BCUT2D eigenvalue weighted by atomic mass is 16.1. The molecule has 0 spiro atoms. The summed E-state index contributed by atoms with van der Waals surface area (Å²) in [4.78, 5) is 11.9. The van der Waals surface area contributed by atoms with Crippen molar-refractivity contribution >= 4 is 11.6 Å². The van der Waals surface area contributed by atoms with Crippen molar-refractivity contribution in [1.82, 2.24) is 5.32 Å². The minimum atomic E-state index is 0.134. The lowest BCUT2D eigenvalue weighted by atomic mass is 10.0. The van der Waals surface area contributed by atoms with Gasteiger partial charge in [0.05, 0.1) is 0 Å². The van der Waals surface area contributed by atoms with E-state index in [-0.39, 0.29) is 5.91 Å². The van der Waals surface area contributed by atoms with Crippen LogP contribution in [-0.2, 0) is 11.2 Å². The van der Waals surface area contributed by atoms with E-state index in [2.05, 4.69) is 36.6 Å². The maximum Gasteiger partial charge on any atom is 0.224 e. The molecule has 0 bridgehead atoms. The molecular formula is C15H22N2O. The molecule has 1 saturated heterocycles. The standard InChI is InChI=1S/C15H22N2O/c1-3-13-9-14(5-4-11(13)2)17-15(18)8-12-6-7-16-10-12/h4-5,9,12,16H,3,6-8,10H2,1-2H3,(H,17,18). The summed E-state index contributed by atoms with van der Waals surface area (Å²) in [7, 11) is 0. The highest BCUT2D eigenvalue weighted by Crippen LogP contribution is 2.18. The monoisotopic (exact) mass is 246 g/mol. The average molecular weight is 246 g/mol. The van der Waals surface area contributed by atoms with Gasteiger partial charge in [0.15, 0.2) is 0 Å². The van der Waals surface area contributed by atoms with Crippen LogP contribution in [0.4, 0.5) is 5.69 Å². The van der Waals surface area contributed by atoms with Crippen LogP contribution in [-0.4, -0.2) is 19.0 Å². The van der Waals surface area contributed by atoms with Crippen molar-refractivity contribution in [2.24, 2.45) is 5.92 Å². The van der Waals surface area contributed by atoms with Gasteiger partial charge in [0.1, 0.15) is 0 Å². The van der Waals surface area contributed by atoms with E-state index in [1.54, 1.807) is 0 Å². The van der Waals surface area contributed by atoms with E-state index in [1.807, 2.05) is 6.07 Å².